The molecular weight excluding hydrogens is 712 g/mol. The van der Waals surface area contributed by atoms with Crippen molar-refractivity contribution < 1.29 is 23.5 Å². The number of hydrogen-bond acceptors (Lipinski definition) is 10. The summed E-state index contributed by atoms with van der Waals surface area (Å²) in [5, 5.41) is 24.5. The van der Waals surface area contributed by atoms with Crippen LogP contribution in [-0.2, 0) is 16.6 Å². The van der Waals surface area contributed by atoms with Crippen LogP contribution in [0.25, 0.3) is 17.2 Å². The predicted octanol–water partition coefficient (Wildman–Crippen LogP) is 4.91. The number of alkyl halides is 2. The number of anilines is 2. The Morgan fingerprint density at radius 2 is 1.85 bits per heavy atom. The number of imidazole rings is 1. The number of imide groups is 1. The Hall–Kier alpha value is -5.16. The molecule has 3 aliphatic rings. The third-order valence-electron chi connectivity index (χ3n) is 11.6. The number of halogens is 2. The Labute approximate surface area is 317 Å². The van der Waals surface area contributed by atoms with Gasteiger partial charge in [0, 0.05) is 57.2 Å². The highest BCUT2D eigenvalue weighted by Crippen LogP contribution is 2.37. The van der Waals surface area contributed by atoms with Gasteiger partial charge < -0.3 is 20.2 Å². The number of aliphatic hydroxyl groups is 1. The lowest BCUT2D eigenvalue weighted by molar-refractivity contribution is -0.135. The largest absolute Gasteiger partial charge is 0.371 e. The minimum absolute atomic E-state index is 0.0180. The number of carbonyl (C=O) groups excluding carboxylic acids is 2. The summed E-state index contributed by atoms with van der Waals surface area (Å²) in [6.45, 7) is 8.06. The maximum atomic E-state index is 14.1. The quantitative estimate of drug-likeness (QED) is 0.104. The Morgan fingerprint density at radius 1 is 1.11 bits per heavy atom. The first kappa shape index (κ1) is 38.1. The molecule has 4 aromatic rings. The number of benzene rings is 1. The lowest BCUT2D eigenvalue weighted by atomic mass is 9.85. The van der Waals surface area contributed by atoms with E-state index in [1.807, 2.05) is 25.1 Å². The van der Waals surface area contributed by atoms with E-state index in [4.69, 9.17) is 0 Å². The van der Waals surface area contributed by atoms with Gasteiger partial charge in [0.2, 0.25) is 11.8 Å². The number of nitrogens with zero attached hydrogens (tertiary/aromatic N) is 9. The van der Waals surface area contributed by atoms with Gasteiger partial charge in [-0.25, -0.2) is 23.2 Å². The second kappa shape index (κ2) is 15.9. The summed E-state index contributed by atoms with van der Waals surface area (Å²) in [6.07, 6.45) is 8.28. The van der Waals surface area contributed by atoms with E-state index in [-0.39, 0.29) is 29.7 Å². The average Bonchev–Trinajstić information content (AvgIpc) is 3.86. The van der Waals surface area contributed by atoms with Crippen molar-refractivity contribution in [3.8, 4) is 0 Å². The number of aryl methyl sites for hydroxylation is 1. The van der Waals surface area contributed by atoms with E-state index in [0.29, 0.717) is 35.3 Å². The smallest absolute Gasteiger partial charge is 0.329 e. The molecule has 17 heteroatoms. The summed E-state index contributed by atoms with van der Waals surface area (Å²) >= 11 is 0. The van der Waals surface area contributed by atoms with Crippen molar-refractivity contribution in [2.75, 3.05) is 36.9 Å². The van der Waals surface area contributed by atoms with Crippen LogP contribution in [0.3, 0.4) is 0 Å². The predicted molar refractivity (Wildman–Crippen MR) is 206 cm³/mol. The summed E-state index contributed by atoms with van der Waals surface area (Å²) in [7, 11) is 3.90. The Bertz CT molecular complexity index is 2140. The standard InChI is InChI=1S/C38H49F2N11O4/c1-5-16-49-35(41-2)27(20-42-49)36(53)43-28-22-50(45-33(28)34(39)40)25-8-6-23(7-9-25)21-46(3)24-14-17-48(18-15-24)26-10-11-29-31(19-26)47(4)38(55)51(29)30-12-13-32(52)44-37(30)54/h5,10-11,16,19-20,22-25,30,34,36,43,53H,2,6-9,12-15,17-18,21H2,1,3-4H3,(H,44,52,54)/b16-5-. The molecule has 3 aromatic heterocycles. The van der Waals surface area contributed by atoms with Crippen molar-refractivity contribution in [2.45, 2.75) is 89.1 Å². The zero-order valence-electron chi connectivity index (χ0n) is 31.4. The van der Waals surface area contributed by atoms with Crippen LogP contribution in [0.15, 0.2) is 46.5 Å². The van der Waals surface area contributed by atoms with Crippen molar-refractivity contribution in [2.24, 2.45) is 18.0 Å². The molecule has 0 spiro atoms. The molecule has 1 aliphatic carbocycles. The van der Waals surface area contributed by atoms with Gasteiger partial charge in [-0.15, -0.1) is 0 Å². The second-order valence-electron chi connectivity index (χ2n) is 14.9. The van der Waals surface area contributed by atoms with E-state index >= 15 is 0 Å². The summed E-state index contributed by atoms with van der Waals surface area (Å²) < 4.78 is 34.4. The minimum Gasteiger partial charge on any atom is -0.371 e. The SMILES string of the molecule is C=Nc1c(C(O)Nc2cn(C3CCC(CN(C)C4CCN(c5ccc6c(c5)n(C)c(=O)n6C5CCC(=O)NC5=O)CC4)CC3)nc2C(F)F)cnn1/C=C\C. The number of fused-ring (bicyclic) bond motifs is 1. The molecule has 3 fully saturated rings. The van der Waals surface area contributed by atoms with Crippen LogP contribution in [0.4, 0.5) is 26.0 Å². The lowest BCUT2D eigenvalue weighted by Gasteiger charge is -2.40. The van der Waals surface area contributed by atoms with Crippen molar-refractivity contribution in [3.63, 3.8) is 0 Å². The number of carbonyl (C=O) groups is 2. The molecule has 55 heavy (non-hydrogen) atoms. The van der Waals surface area contributed by atoms with Crippen molar-refractivity contribution in [1.29, 1.82) is 0 Å². The van der Waals surface area contributed by atoms with E-state index in [1.165, 1.54) is 15.4 Å². The number of aromatic nitrogens is 6. The first-order valence-electron chi connectivity index (χ1n) is 19.0. The highest BCUT2D eigenvalue weighted by molar-refractivity contribution is 6.00. The van der Waals surface area contributed by atoms with Gasteiger partial charge in [0.1, 0.15) is 6.04 Å². The van der Waals surface area contributed by atoms with Crippen LogP contribution < -0.4 is 21.2 Å². The molecule has 2 unspecified atom stereocenters. The molecule has 3 N–H and O–H groups in total. The van der Waals surface area contributed by atoms with Gasteiger partial charge in [0.15, 0.2) is 17.7 Å². The van der Waals surface area contributed by atoms with Gasteiger partial charge in [0.05, 0.1) is 34.5 Å². The first-order chi connectivity index (χ1) is 26.5. The van der Waals surface area contributed by atoms with E-state index in [0.717, 1.165) is 69.4 Å². The molecule has 1 saturated carbocycles. The number of allylic oxidation sites excluding steroid dienone is 1. The van der Waals surface area contributed by atoms with Crippen LogP contribution in [0.2, 0.25) is 0 Å². The van der Waals surface area contributed by atoms with Gasteiger partial charge in [-0.2, -0.15) is 10.2 Å². The van der Waals surface area contributed by atoms with Gasteiger partial charge >= 0.3 is 5.69 Å². The summed E-state index contributed by atoms with van der Waals surface area (Å²) in [6, 6.07) is 5.63. The molecule has 5 heterocycles. The van der Waals surface area contributed by atoms with Crippen LogP contribution in [0.5, 0.6) is 0 Å². The number of hydrogen-bond donors (Lipinski definition) is 3. The highest BCUT2D eigenvalue weighted by atomic mass is 19.3. The first-order valence-corrected chi connectivity index (χ1v) is 19.0. The molecule has 2 saturated heterocycles. The van der Waals surface area contributed by atoms with E-state index in [1.54, 1.807) is 34.8 Å². The number of piperidine rings is 2. The van der Waals surface area contributed by atoms with Crippen LogP contribution in [-0.4, -0.2) is 90.0 Å². The molecule has 2 aliphatic heterocycles. The summed E-state index contributed by atoms with van der Waals surface area (Å²) in [5.41, 5.74) is 2.16. The van der Waals surface area contributed by atoms with Crippen molar-refractivity contribution >= 4 is 53.0 Å². The monoisotopic (exact) mass is 761 g/mol. The molecule has 0 radical (unpaired) electrons. The fourth-order valence-corrected chi connectivity index (χ4v) is 8.56. The molecule has 2 atom stereocenters. The summed E-state index contributed by atoms with van der Waals surface area (Å²) in [5.74, 6) is 0.0390. The fraction of sp³-hybridized carbons (Fsp3) is 0.526. The molecular formula is C38H49F2N11O4. The van der Waals surface area contributed by atoms with E-state index in [9.17, 15) is 28.3 Å². The maximum Gasteiger partial charge on any atom is 0.329 e. The Morgan fingerprint density at radius 3 is 2.53 bits per heavy atom. The molecule has 1 aromatic carbocycles. The number of rotatable bonds is 12. The second-order valence-corrected chi connectivity index (χ2v) is 14.9. The van der Waals surface area contributed by atoms with Gasteiger partial charge in [-0.3, -0.25) is 28.7 Å². The van der Waals surface area contributed by atoms with E-state index < -0.39 is 30.3 Å². The van der Waals surface area contributed by atoms with Crippen LogP contribution in [0, 0.1) is 5.92 Å². The molecule has 7 rings (SSSR count). The number of aliphatic imine (C=N–C) groups is 1. The summed E-state index contributed by atoms with van der Waals surface area (Å²) in [4.78, 5) is 46.2. The number of nitrogens with one attached hydrogen (secondary N) is 2. The third kappa shape index (κ3) is 7.59. The van der Waals surface area contributed by atoms with Gasteiger partial charge in [0.25, 0.3) is 6.43 Å². The lowest BCUT2D eigenvalue weighted by Crippen LogP contribution is -2.45. The molecule has 2 amide bonds. The number of amides is 2. The topological polar surface area (TPSA) is 160 Å². The molecule has 294 valence electrons. The van der Waals surface area contributed by atoms with E-state index in [2.05, 4.69) is 49.4 Å². The van der Waals surface area contributed by atoms with Gasteiger partial charge in [-0.1, -0.05) is 6.08 Å². The number of aliphatic hydroxyl groups excluding tert-OH is 1. The molecule has 15 nitrogen and oxygen atoms in total. The van der Waals surface area contributed by atoms with Crippen molar-refractivity contribution in [1.82, 2.24) is 38.9 Å². The highest BCUT2D eigenvalue weighted by Gasteiger charge is 2.33. The zero-order chi connectivity index (χ0) is 39.0. The maximum absolute atomic E-state index is 14.1. The van der Waals surface area contributed by atoms with Gasteiger partial charge in [-0.05, 0) is 89.8 Å². The average molecular weight is 762 g/mol. The van der Waals surface area contributed by atoms with Crippen LogP contribution in [0.1, 0.15) is 94.3 Å². The van der Waals surface area contributed by atoms with Crippen molar-refractivity contribution in [3.05, 3.63) is 58.4 Å². The Kier molecular flexibility index (Phi) is 11.0. The minimum atomic E-state index is -2.82. The molecule has 0 bridgehead atoms. The normalized spacial score (nSPS) is 22.0. The zero-order valence-corrected chi connectivity index (χ0v) is 31.4. The van der Waals surface area contributed by atoms with Crippen LogP contribution >= 0.6 is 0 Å². The fourth-order valence-electron chi connectivity index (χ4n) is 8.56. The third-order valence-corrected chi connectivity index (χ3v) is 11.6. The Balaban J connectivity index is 0.923.